The second-order valence-corrected chi connectivity index (χ2v) is 9.87. The van der Waals surface area contributed by atoms with Crippen molar-refractivity contribution in [2.75, 3.05) is 11.9 Å². The fourth-order valence-electron chi connectivity index (χ4n) is 6.13. The molecule has 0 amide bonds. The van der Waals surface area contributed by atoms with Crippen LogP contribution in [0.25, 0.3) is 44.2 Å². The lowest BCUT2D eigenvalue weighted by atomic mass is 9.82. The Morgan fingerprint density at radius 1 is 0.545 bits per heavy atom. The zero-order valence-corrected chi connectivity index (χ0v) is 19.2. The number of hydrogen-bond donors (Lipinski definition) is 0. The van der Waals surface area contributed by atoms with E-state index in [4.69, 9.17) is 0 Å². The summed E-state index contributed by atoms with van der Waals surface area (Å²) in [6, 6.07) is 35.9. The van der Waals surface area contributed by atoms with Crippen molar-refractivity contribution in [1.82, 2.24) is 0 Å². The van der Waals surface area contributed by atoms with Crippen molar-refractivity contribution < 1.29 is 0 Å². The maximum Gasteiger partial charge on any atom is 0.0488 e. The van der Waals surface area contributed by atoms with Crippen molar-refractivity contribution in [3.8, 4) is 33.4 Å². The highest BCUT2D eigenvalue weighted by atomic mass is 15.1. The van der Waals surface area contributed by atoms with Crippen molar-refractivity contribution >= 4 is 22.1 Å². The van der Waals surface area contributed by atoms with E-state index in [1.165, 1.54) is 66.7 Å². The van der Waals surface area contributed by atoms with Crippen LogP contribution < -0.4 is 4.90 Å². The standard InChI is InChI=1S/C32H25N/c1-32(2)28-14-7-6-11-23(28)24-16-15-20(19-29(24)32)33(3)30-18-17-26-22-10-5-4-9-21(22)25-12-8-13-27(30)31(25)26/h4-19H,1-3H3. The summed E-state index contributed by atoms with van der Waals surface area (Å²) in [6.45, 7) is 4.69. The number of nitrogens with zero attached hydrogens (tertiary/aromatic N) is 1. The van der Waals surface area contributed by atoms with Gasteiger partial charge in [-0.2, -0.15) is 0 Å². The van der Waals surface area contributed by atoms with E-state index in [2.05, 4.69) is 123 Å². The molecule has 0 spiro atoms. The average Bonchev–Trinajstić information content (AvgIpc) is 3.30. The first-order chi connectivity index (χ1) is 16.1. The van der Waals surface area contributed by atoms with Crippen LogP contribution in [0.2, 0.25) is 0 Å². The third kappa shape index (κ3) is 2.37. The highest BCUT2D eigenvalue weighted by Crippen LogP contribution is 2.52. The summed E-state index contributed by atoms with van der Waals surface area (Å²) in [7, 11) is 2.20. The molecule has 0 bridgehead atoms. The van der Waals surface area contributed by atoms with E-state index in [0.717, 1.165) is 0 Å². The second kappa shape index (κ2) is 6.36. The SMILES string of the molecule is CN(c1ccc2c(c1)C(C)(C)c1ccccc1-2)c1ccc2c3c(cccc13)-c1ccccc1-2. The van der Waals surface area contributed by atoms with Crippen LogP contribution in [0.3, 0.4) is 0 Å². The average molecular weight is 424 g/mol. The van der Waals surface area contributed by atoms with Gasteiger partial charge in [0.1, 0.15) is 0 Å². The Balaban J connectivity index is 1.39. The molecule has 0 heterocycles. The topological polar surface area (TPSA) is 3.24 Å². The Morgan fingerprint density at radius 2 is 1.15 bits per heavy atom. The van der Waals surface area contributed by atoms with E-state index < -0.39 is 0 Å². The molecular weight excluding hydrogens is 398 g/mol. The van der Waals surface area contributed by atoms with Crippen LogP contribution in [-0.4, -0.2) is 7.05 Å². The normalized spacial score (nSPS) is 14.2. The van der Waals surface area contributed by atoms with Gasteiger partial charge in [-0.15, -0.1) is 0 Å². The van der Waals surface area contributed by atoms with Crippen molar-refractivity contribution in [1.29, 1.82) is 0 Å². The van der Waals surface area contributed by atoms with Gasteiger partial charge in [0, 0.05) is 29.2 Å². The molecule has 2 aliphatic rings. The fourth-order valence-corrected chi connectivity index (χ4v) is 6.13. The van der Waals surface area contributed by atoms with E-state index in [9.17, 15) is 0 Å². The first kappa shape index (κ1) is 18.7. The lowest BCUT2D eigenvalue weighted by molar-refractivity contribution is 0.660. The van der Waals surface area contributed by atoms with Crippen LogP contribution in [0.15, 0.2) is 97.1 Å². The summed E-state index contributed by atoms with van der Waals surface area (Å²) in [4.78, 5) is 2.35. The molecule has 0 fully saturated rings. The Hall–Kier alpha value is -3.84. The highest BCUT2D eigenvalue weighted by Gasteiger charge is 2.35. The lowest BCUT2D eigenvalue weighted by Gasteiger charge is -2.26. The number of fused-ring (bicyclic) bond motifs is 6. The van der Waals surface area contributed by atoms with Gasteiger partial charge in [0.25, 0.3) is 0 Å². The van der Waals surface area contributed by atoms with Gasteiger partial charge in [0.15, 0.2) is 0 Å². The lowest BCUT2D eigenvalue weighted by Crippen LogP contribution is -2.16. The van der Waals surface area contributed by atoms with Crippen molar-refractivity contribution in [2.45, 2.75) is 19.3 Å². The molecule has 5 aromatic rings. The number of anilines is 2. The van der Waals surface area contributed by atoms with E-state index in [1.807, 2.05) is 0 Å². The summed E-state index contributed by atoms with van der Waals surface area (Å²) in [6.07, 6.45) is 0. The Kier molecular flexibility index (Phi) is 3.60. The molecule has 158 valence electrons. The molecule has 5 aromatic carbocycles. The summed E-state index contributed by atoms with van der Waals surface area (Å²) >= 11 is 0. The number of rotatable bonds is 2. The molecule has 7 rings (SSSR count). The fraction of sp³-hybridized carbons (Fsp3) is 0.125. The van der Waals surface area contributed by atoms with Crippen LogP contribution >= 0.6 is 0 Å². The van der Waals surface area contributed by atoms with Gasteiger partial charge in [0.05, 0.1) is 0 Å². The monoisotopic (exact) mass is 423 g/mol. The molecule has 0 unspecified atom stereocenters. The van der Waals surface area contributed by atoms with Gasteiger partial charge in [-0.25, -0.2) is 0 Å². The molecule has 0 N–H and O–H groups in total. The van der Waals surface area contributed by atoms with E-state index in [0.29, 0.717) is 0 Å². The minimum atomic E-state index is 0.00638. The smallest absolute Gasteiger partial charge is 0.0488 e. The first-order valence-corrected chi connectivity index (χ1v) is 11.7. The van der Waals surface area contributed by atoms with Gasteiger partial charge >= 0.3 is 0 Å². The predicted octanol–water partition coefficient (Wildman–Crippen LogP) is 8.56. The van der Waals surface area contributed by atoms with Crippen molar-refractivity contribution in [3.63, 3.8) is 0 Å². The quantitative estimate of drug-likeness (QED) is 0.270. The largest absolute Gasteiger partial charge is 0.344 e. The predicted molar refractivity (Wildman–Crippen MR) is 140 cm³/mol. The molecule has 1 heteroatoms. The van der Waals surface area contributed by atoms with Crippen LogP contribution in [0.5, 0.6) is 0 Å². The molecule has 0 radical (unpaired) electrons. The third-order valence-electron chi connectivity index (χ3n) is 7.84. The van der Waals surface area contributed by atoms with Crippen LogP contribution in [0.1, 0.15) is 25.0 Å². The zero-order chi connectivity index (χ0) is 22.3. The molecule has 0 aliphatic heterocycles. The van der Waals surface area contributed by atoms with Gasteiger partial charge in [-0.1, -0.05) is 92.7 Å². The third-order valence-corrected chi connectivity index (χ3v) is 7.84. The molecule has 2 aliphatic carbocycles. The maximum atomic E-state index is 2.40. The Morgan fingerprint density at radius 3 is 1.94 bits per heavy atom. The molecule has 0 atom stereocenters. The molecule has 0 saturated heterocycles. The number of benzene rings is 5. The Bertz CT molecular complexity index is 1580. The van der Waals surface area contributed by atoms with Crippen LogP contribution in [0, 0.1) is 0 Å². The van der Waals surface area contributed by atoms with Crippen molar-refractivity contribution in [3.05, 3.63) is 108 Å². The molecule has 0 saturated carbocycles. The molecule has 33 heavy (non-hydrogen) atoms. The van der Waals surface area contributed by atoms with Gasteiger partial charge in [0.2, 0.25) is 0 Å². The van der Waals surface area contributed by atoms with E-state index >= 15 is 0 Å². The summed E-state index contributed by atoms with van der Waals surface area (Å²) < 4.78 is 0. The van der Waals surface area contributed by atoms with Crippen LogP contribution in [-0.2, 0) is 5.41 Å². The highest BCUT2D eigenvalue weighted by molar-refractivity contribution is 6.18. The van der Waals surface area contributed by atoms with Crippen molar-refractivity contribution in [2.24, 2.45) is 0 Å². The van der Waals surface area contributed by atoms with Gasteiger partial charge < -0.3 is 4.90 Å². The van der Waals surface area contributed by atoms with Gasteiger partial charge in [-0.3, -0.25) is 0 Å². The van der Waals surface area contributed by atoms with E-state index in [1.54, 1.807) is 0 Å². The van der Waals surface area contributed by atoms with Gasteiger partial charge in [-0.05, 0) is 68.1 Å². The minimum Gasteiger partial charge on any atom is -0.344 e. The Labute approximate surface area is 194 Å². The second-order valence-electron chi connectivity index (χ2n) is 9.87. The molecule has 0 aromatic heterocycles. The minimum absolute atomic E-state index is 0.00638. The number of hydrogen-bond acceptors (Lipinski definition) is 1. The first-order valence-electron chi connectivity index (χ1n) is 11.7. The van der Waals surface area contributed by atoms with Crippen LogP contribution in [0.4, 0.5) is 11.4 Å². The summed E-state index contributed by atoms with van der Waals surface area (Å²) in [5.74, 6) is 0. The zero-order valence-electron chi connectivity index (χ0n) is 19.2. The summed E-state index contributed by atoms with van der Waals surface area (Å²) in [5, 5.41) is 2.68. The van der Waals surface area contributed by atoms with E-state index in [-0.39, 0.29) is 5.41 Å². The molecule has 1 nitrogen and oxygen atoms in total. The maximum absolute atomic E-state index is 2.40. The summed E-state index contributed by atoms with van der Waals surface area (Å²) in [5.41, 5.74) is 13.4. The molecular formula is C32H25N.